The maximum absolute atomic E-state index is 11.3. The summed E-state index contributed by atoms with van der Waals surface area (Å²) in [5.41, 5.74) is 0.780. The van der Waals surface area contributed by atoms with E-state index in [0.717, 1.165) is 5.56 Å². The normalized spacial score (nSPS) is 37.1. The smallest absolute Gasteiger partial charge is 0.291 e. The third-order valence-corrected chi connectivity index (χ3v) is 3.98. The molecule has 2 aliphatic heterocycles. The lowest BCUT2D eigenvalue weighted by Gasteiger charge is -2.44. The monoisotopic (exact) mass is 325 g/mol. The van der Waals surface area contributed by atoms with Crippen molar-refractivity contribution in [1.82, 2.24) is 0 Å². The average Bonchev–Trinajstić information content (AvgIpc) is 2.55. The second-order valence-corrected chi connectivity index (χ2v) is 5.44. The first-order valence-electron chi connectivity index (χ1n) is 7.52. The first-order valence-corrected chi connectivity index (χ1v) is 7.52. The Bertz CT molecular complexity index is 540. The number of nitrogens with zero attached hydrogens (tertiary/aromatic N) is 1. The second kappa shape index (κ2) is 6.90. The Balaban J connectivity index is 1.78. The minimum atomic E-state index is -1.40. The molecule has 1 aromatic rings. The zero-order valence-corrected chi connectivity index (χ0v) is 12.6. The molecule has 2 saturated heterocycles. The highest BCUT2D eigenvalue weighted by Crippen LogP contribution is 2.34. The summed E-state index contributed by atoms with van der Waals surface area (Å²) in [7, 11) is 0. The zero-order chi connectivity index (χ0) is 16.4. The molecule has 1 N–H and O–H groups in total. The van der Waals surface area contributed by atoms with Crippen molar-refractivity contribution in [3.8, 4) is 0 Å². The summed E-state index contributed by atoms with van der Waals surface area (Å²) in [6, 6.07) is 7.80. The van der Waals surface area contributed by atoms with Crippen molar-refractivity contribution in [1.29, 1.82) is 0 Å². The van der Waals surface area contributed by atoms with E-state index in [1.807, 2.05) is 30.3 Å². The van der Waals surface area contributed by atoms with Crippen LogP contribution in [0, 0.1) is 10.1 Å². The van der Waals surface area contributed by atoms with Gasteiger partial charge in [-0.15, -0.1) is 0 Å². The van der Waals surface area contributed by atoms with E-state index >= 15 is 0 Å². The van der Waals surface area contributed by atoms with Crippen LogP contribution in [0.25, 0.3) is 0 Å². The van der Waals surface area contributed by atoms with Crippen LogP contribution < -0.4 is 0 Å². The molecule has 1 aromatic carbocycles. The summed E-state index contributed by atoms with van der Waals surface area (Å²) in [6.45, 7) is 2.11. The Morgan fingerprint density at radius 3 is 2.74 bits per heavy atom. The van der Waals surface area contributed by atoms with Crippen molar-refractivity contribution in [3.63, 3.8) is 0 Å². The van der Waals surface area contributed by atoms with Gasteiger partial charge in [0.2, 0.25) is 6.29 Å². The number of hydrogen-bond acceptors (Lipinski definition) is 7. The fraction of sp³-hybridized carbons (Fsp3) is 0.600. The van der Waals surface area contributed by atoms with Gasteiger partial charge in [-0.2, -0.15) is 0 Å². The standard InChI is InChI=1S/C15H19NO7/c1-2-20-15-11(16(18)19)12(17)13-10(22-15)8-21-14(23-13)9-6-4-3-5-7-9/h3-7,10-15,17H,2,8H2,1H3/t10-,11-,12-,13-,14?,15-/m1/s1. The van der Waals surface area contributed by atoms with Crippen molar-refractivity contribution in [2.75, 3.05) is 13.2 Å². The van der Waals surface area contributed by atoms with Crippen LogP contribution in [0.15, 0.2) is 30.3 Å². The minimum Gasteiger partial charge on any atom is -0.383 e. The van der Waals surface area contributed by atoms with Gasteiger partial charge >= 0.3 is 0 Å². The lowest BCUT2D eigenvalue weighted by molar-refractivity contribution is -0.578. The van der Waals surface area contributed by atoms with Gasteiger partial charge in [0, 0.05) is 17.1 Å². The van der Waals surface area contributed by atoms with E-state index in [1.165, 1.54) is 0 Å². The molecule has 2 aliphatic rings. The summed E-state index contributed by atoms with van der Waals surface area (Å²) in [6.07, 6.45) is -4.60. The molecule has 0 aliphatic carbocycles. The van der Waals surface area contributed by atoms with E-state index in [2.05, 4.69) is 0 Å². The third kappa shape index (κ3) is 3.22. The van der Waals surface area contributed by atoms with E-state index in [0.29, 0.717) is 0 Å². The van der Waals surface area contributed by atoms with Gasteiger partial charge in [-0.1, -0.05) is 30.3 Å². The molecule has 6 atom stereocenters. The maximum Gasteiger partial charge on any atom is 0.291 e. The fourth-order valence-corrected chi connectivity index (χ4v) is 2.88. The zero-order valence-electron chi connectivity index (χ0n) is 12.6. The van der Waals surface area contributed by atoms with Gasteiger partial charge in [0.15, 0.2) is 12.4 Å². The van der Waals surface area contributed by atoms with Gasteiger partial charge in [0.1, 0.15) is 12.2 Å². The number of nitro groups is 1. The molecule has 126 valence electrons. The topological polar surface area (TPSA) is 100 Å². The summed E-state index contributed by atoms with van der Waals surface area (Å²) < 4.78 is 22.2. The van der Waals surface area contributed by atoms with Crippen LogP contribution in [-0.2, 0) is 18.9 Å². The molecule has 0 bridgehead atoms. The first kappa shape index (κ1) is 16.3. The largest absolute Gasteiger partial charge is 0.383 e. The van der Waals surface area contributed by atoms with Crippen molar-refractivity contribution >= 4 is 0 Å². The molecule has 0 aromatic heterocycles. The Morgan fingerprint density at radius 1 is 1.35 bits per heavy atom. The SMILES string of the molecule is CCO[C@@H]1O[C@@H]2COC(c3ccccc3)O[C@H]2[C@H](O)[C@H]1[N+](=O)[O-]. The van der Waals surface area contributed by atoms with Gasteiger partial charge in [-0.25, -0.2) is 0 Å². The predicted molar refractivity (Wildman–Crippen MR) is 77.1 cm³/mol. The predicted octanol–water partition coefficient (Wildman–Crippen LogP) is 0.868. The summed E-state index contributed by atoms with van der Waals surface area (Å²) in [5.74, 6) is 0. The molecule has 8 nitrogen and oxygen atoms in total. The fourth-order valence-electron chi connectivity index (χ4n) is 2.88. The number of ether oxygens (including phenoxy) is 4. The van der Waals surface area contributed by atoms with Crippen LogP contribution in [0.1, 0.15) is 18.8 Å². The van der Waals surface area contributed by atoms with E-state index in [-0.39, 0.29) is 13.2 Å². The molecule has 8 heteroatoms. The van der Waals surface area contributed by atoms with Crippen LogP contribution in [0.3, 0.4) is 0 Å². The molecule has 2 fully saturated rings. The van der Waals surface area contributed by atoms with E-state index in [1.54, 1.807) is 6.92 Å². The lowest BCUT2D eigenvalue weighted by atomic mass is 9.96. The second-order valence-electron chi connectivity index (χ2n) is 5.44. The molecular formula is C15H19NO7. The van der Waals surface area contributed by atoms with Crippen molar-refractivity contribution in [2.45, 2.75) is 43.9 Å². The number of benzene rings is 1. The van der Waals surface area contributed by atoms with Crippen LogP contribution in [-0.4, -0.2) is 53.9 Å². The molecule has 1 unspecified atom stereocenters. The molecular weight excluding hydrogens is 306 g/mol. The summed E-state index contributed by atoms with van der Waals surface area (Å²) in [5, 5.41) is 21.7. The molecule has 0 spiro atoms. The Hall–Kier alpha value is -1.58. The molecule has 0 amide bonds. The van der Waals surface area contributed by atoms with Crippen molar-refractivity contribution in [2.24, 2.45) is 0 Å². The highest BCUT2D eigenvalue weighted by molar-refractivity contribution is 5.16. The van der Waals surface area contributed by atoms with Crippen molar-refractivity contribution < 1.29 is 29.0 Å². The van der Waals surface area contributed by atoms with Gasteiger partial charge in [-0.3, -0.25) is 10.1 Å². The van der Waals surface area contributed by atoms with Gasteiger partial charge in [-0.05, 0) is 6.92 Å². The Kier molecular flexibility index (Phi) is 4.88. The molecule has 23 heavy (non-hydrogen) atoms. The quantitative estimate of drug-likeness (QED) is 0.647. The van der Waals surface area contributed by atoms with Crippen LogP contribution in [0.2, 0.25) is 0 Å². The van der Waals surface area contributed by atoms with Crippen LogP contribution in [0.5, 0.6) is 0 Å². The Morgan fingerprint density at radius 2 is 2.09 bits per heavy atom. The number of aliphatic hydroxyl groups excluding tert-OH is 1. The number of aliphatic hydroxyl groups is 1. The first-order chi connectivity index (χ1) is 11.1. The van der Waals surface area contributed by atoms with Crippen LogP contribution in [0.4, 0.5) is 0 Å². The molecule has 0 saturated carbocycles. The van der Waals surface area contributed by atoms with Crippen LogP contribution >= 0.6 is 0 Å². The average molecular weight is 325 g/mol. The number of rotatable bonds is 4. The molecule has 0 radical (unpaired) electrons. The lowest BCUT2D eigenvalue weighted by Crippen LogP contribution is -2.64. The van der Waals surface area contributed by atoms with E-state index < -0.39 is 41.9 Å². The van der Waals surface area contributed by atoms with Crippen molar-refractivity contribution in [3.05, 3.63) is 46.0 Å². The van der Waals surface area contributed by atoms with E-state index in [4.69, 9.17) is 18.9 Å². The minimum absolute atomic E-state index is 0.162. The summed E-state index contributed by atoms with van der Waals surface area (Å²) >= 11 is 0. The maximum atomic E-state index is 11.3. The van der Waals surface area contributed by atoms with Gasteiger partial charge in [0.25, 0.3) is 6.04 Å². The Labute approximate surface area is 133 Å². The third-order valence-electron chi connectivity index (χ3n) is 3.98. The molecule has 3 rings (SSSR count). The summed E-state index contributed by atoms with van der Waals surface area (Å²) in [4.78, 5) is 10.7. The highest BCUT2D eigenvalue weighted by Gasteiger charge is 2.55. The number of hydrogen-bond donors (Lipinski definition) is 1. The molecule has 2 heterocycles. The van der Waals surface area contributed by atoms with E-state index in [9.17, 15) is 15.2 Å². The van der Waals surface area contributed by atoms with Gasteiger partial charge < -0.3 is 24.1 Å². The highest BCUT2D eigenvalue weighted by atomic mass is 16.8. The van der Waals surface area contributed by atoms with Gasteiger partial charge in [0.05, 0.1) is 6.61 Å². The number of fused-ring (bicyclic) bond motifs is 1.